The Morgan fingerprint density at radius 1 is 0.964 bits per heavy atom. The van der Waals surface area contributed by atoms with E-state index >= 15 is 0 Å². The highest BCUT2D eigenvalue weighted by molar-refractivity contribution is 5.67. The van der Waals surface area contributed by atoms with Crippen LogP contribution in [0.3, 0.4) is 0 Å². The van der Waals surface area contributed by atoms with Gasteiger partial charge >= 0.3 is 0 Å². The second kappa shape index (κ2) is 9.28. The second-order valence-corrected chi connectivity index (χ2v) is 7.13. The molecule has 0 saturated carbocycles. The van der Waals surface area contributed by atoms with Crippen molar-refractivity contribution < 1.29 is 0 Å². The van der Waals surface area contributed by atoms with Crippen LogP contribution >= 0.6 is 0 Å². The normalized spacial score (nSPS) is 10.9. The third-order valence-corrected chi connectivity index (χ3v) is 4.59. The molecule has 2 N–H and O–H groups in total. The van der Waals surface area contributed by atoms with Gasteiger partial charge in [-0.1, -0.05) is 18.2 Å². The lowest BCUT2D eigenvalue weighted by Gasteiger charge is -2.14. The second-order valence-electron chi connectivity index (χ2n) is 7.13. The molecular formula is C22H28N6. The molecule has 6 nitrogen and oxygen atoms in total. The van der Waals surface area contributed by atoms with E-state index in [-0.39, 0.29) is 0 Å². The first kappa shape index (κ1) is 19.8. The topological polar surface area (TPSA) is 66.0 Å². The molecule has 0 aliphatic carbocycles. The van der Waals surface area contributed by atoms with Crippen molar-refractivity contribution in [1.29, 1.82) is 0 Å². The van der Waals surface area contributed by atoms with Crippen molar-refractivity contribution in [2.75, 3.05) is 37.8 Å². The van der Waals surface area contributed by atoms with Gasteiger partial charge in [-0.15, -0.1) is 0 Å². The Morgan fingerprint density at radius 2 is 1.82 bits per heavy atom. The molecule has 146 valence electrons. The molecule has 3 rings (SSSR count). The average molecular weight is 377 g/mol. The Morgan fingerprint density at radius 3 is 2.57 bits per heavy atom. The van der Waals surface area contributed by atoms with Gasteiger partial charge in [0.15, 0.2) is 0 Å². The van der Waals surface area contributed by atoms with Crippen molar-refractivity contribution >= 4 is 17.5 Å². The minimum absolute atomic E-state index is 0.606. The third kappa shape index (κ3) is 5.27. The zero-order valence-corrected chi connectivity index (χ0v) is 17.0. The fourth-order valence-electron chi connectivity index (χ4n) is 2.86. The number of hydrogen-bond donors (Lipinski definition) is 2. The highest BCUT2D eigenvalue weighted by Crippen LogP contribution is 2.25. The predicted octanol–water partition coefficient (Wildman–Crippen LogP) is 4.26. The first-order valence-electron chi connectivity index (χ1n) is 9.55. The van der Waals surface area contributed by atoms with Crippen LogP contribution in [-0.4, -0.2) is 47.0 Å². The maximum atomic E-state index is 4.67. The number of benzene rings is 1. The van der Waals surface area contributed by atoms with E-state index in [1.807, 2.05) is 30.3 Å². The van der Waals surface area contributed by atoms with Crippen molar-refractivity contribution in [2.45, 2.75) is 20.3 Å². The molecule has 0 unspecified atom stereocenters. The van der Waals surface area contributed by atoms with Gasteiger partial charge in [0.1, 0.15) is 5.82 Å². The lowest BCUT2D eigenvalue weighted by atomic mass is 10.1. The van der Waals surface area contributed by atoms with Crippen molar-refractivity contribution in [3.05, 3.63) is 59.8 Å². The van der Waals surface area contributed by atoms with E-state index in [4.69, 9.17) is 0 Å². The van der Waals surface area contributed by atoms with E-state index in [0.29, 0.717) is 5.95 Å². The minimum atomic E-state index is 0.606. The molecule has 0 bridgehead atoms. The molecule has 0 aliphatic heterocycles. The molecule has 0 fully saturated rings. The summed E-state index contributed by atoms with van der Waals surface area (Å²) in [7, 11) is 4.15. The van der Waals surface area contributed by atoms with Crippen LogP contribution in [-0.2, 0) is 0 Å². The van der Waals surface area contributed by atoms with Gasteiger partial charge in [-0.3, -0.25) is 4.98 Å². The molecule has 3 aromatic rings. The molecule has 0 aliphatic rings. The van der Waals surface area contributed by atoms with Crippen LogP contribution in [0.25, 0.3) is 11.4 Å². The lowest BCUT2D eigenvalue weighted by Crippen LogP contribution is -2.17. The maximum absolute atomic E-state index is 4.67. The number of anilines is 3. The van der Waals surface area contributed by atoms with Crippen molar-refractivity contribution in [3.63, 3.8) is 0 Å². The van der Waals surface area contributed by atoms with E-state index in [1.54, 1.807) is 6.20 Å². The highest BCUT2D eigenvalue weighted by atomic mass is 15.1. The van der Waals surface area contributed by atoms with Crippen LogP contribution < -0.4 is 10.6 Å². The van der Waals surface area contributed by atoms with Gasteiger partial charge in [0.25, 0.3) is 0 Å². The number of nitrogens with one attached hydrogen (secondary N) is 2. The Kier molecular flexibility index (Phi) is 6.55. The van der Waals surface area contributed by atoms with Gasteiger partial charge < -0.3 is 15.5 Å². The molecular weight excluding hydrogens is 348 g/mol. The van der Waals surface area contributed by atoms with Gasteiger partial charge in [0, 0.05) is 24.5 Å². The highest BCUT2D eigenvalue weighted by Gasteiger charge is 2.09. The van der Waals surface area contributed by atoms with Crippen molar-refractivity contribution in [2.24, 2.45) is 0 Å². The molecule has 2 aromatic heterocycles. The van der Waals surface area contributed by atoms with Gasteiger partial charge in [-0.2, -0.15) is 4.98 Å². The number of hydrogen-bond acceptors (Lipinski definition) is 6. The van der Waals surface area contributed by atoms with Crippen LogP contribution in [0.4, 0.5) is 17.5 Å². The van der Waals surface area contributed by atoms with E-state index in [9.17, 15) is 0 Å². The van der Waals surface area contributed by atoms with Crippen LogP contribution in [0.2, 0.25) is 0 Å². The molecule has 28 heavy (non-hydrogen) atoms. The first-order chi connectivity index (χ1) is 13.5. The maximum Gasteiger partial charge on any atom is 0.225 e. The number of pyridine rings is 1. The summed E-state index contributed by atoms with van der Waals surface area (Å²) in [5, 5.41) is 6.79. The smallest absolute Gasteiger partial charge is 0.225 e. The average Bonchev–Trinajstić information content (AvgIpc) is 2.69. The Labute approximate surface area is 167 Å². The number of aromatic nitrogens is 3. The SMILES string of the molecule is Cc1cccc(Nc2cc(-c3ccccn3)nc(NCCCN(C)C)n2)c1C. The molecule has 6 heteroatoms. The monoisotopic (exact) mass is 376 g/mol. The quantitative estimate of drug-likeness (QED) is 0.573. The third-order valence-electron chi connectivity index (χ3n) is 4.59. The summed E-state index contributed by atoms with van der Waals surface area (Å²) < 4.78 is 0. The van der Waals surface area contributed by atoms with Crippen LogP contribution in [0.5, 0.6) is 0 Å². The van der Waals surface area contributed by atoms with E-state index in [1.165, 1.54) is 11.1 Å². The van der Waals surface area contributed by atoms with Gasteiger partial charge in [-0.25, -0.2) is 4.98 Å². The van der Waals surface area contributed by atoms with Crippen LogP contribution in [0, 0.1) is 13.8 Å². The predicted molar refractivity (Wildman–Crippen MR) is 116 cm³/mol. The van der Waals surface area contributed by atoms with Crippen molar-refractivity contribution in [3.8, 4) is 11.4 Å². The summed E-state index contributed by atoms with van der Waals surface area (Å²) in [6, 6.07) is 14.0. The Hall–Kier alpha value is -2.99. The van der Waals surface area contributed by atoms with Crippen LogP contribution in [0.15, 0.2) is 48.7 Å². The molecule has 0 atom stereocenters. The molecule has 0 saturated heterocycles. The summed E-state index contributed by atoms with van der Waals surface area (Å²) in [5.41, 5.74) is 5.11. The first-order valence-corrected chi connectivity index (χ1v) is 9.55. The molecule has 2 heterocycles. The van der Waals surface area contributed by atoms with Gasteiger partial charge in [0.05, 0.1) is 11.4 Å². The van der Waals surface area contributed by atoms with E-state index in [2.05, 4.69) is 70.6 Å². The zero-order chi connectivity index (χ0) is 19.9. The van der Waals surface area contributed by atoms with Gasteiger partial charge in [-0.05, 0) is 70.2 Å². The largest absolute Gasteiger partial charge is 0.354 e. The summed E-state index contributed by atoms with van der Waals surface area (Å²) in [6.07, 6.45) is 2.79. The molecule has 0 radical (unpaired) electrons. The fraction of sp³-hybridized carbons (Fsp3) is 0.318. The number of aryl methyl sites for hydroxylation is 1. The summed E-state index contributed by atoms with van der Waals surface area (Å²) in [4.78, 5) is 15.9. The van der Waals surface area contributed by atoms with E-state index in [0.717, 1.165) is 42.4 Å². The molecule has 0 amide bonds. The standard InChI is InChI=1S/C22H28N6/c1-16-9-7-11-18(17(16)2)25-21-15-20(19-10-5-6-12-23-19)26-22(27-21)24-13-8-14-28(3)4/h5-7,9-12,15H,8,13-14H2,1-4H3,(H2,24,25,26,27). The number of rotatable bonds is 8. The number of nitrogens with zero attached hydrogens (tertiary/aromatic N) is 4. The Bertz CT molecular complexity index is 908. The zero-order valence-electron chi connectivity index (χ0n) is 17.0. The Balaban J connectivity index is 1.87. The minimum Gasteiger partial charge on any atom is -0.354 e. The lowest BCUT2D eigenvalue weighted by molar-refractivity contribution is 0.405. The molecule has 0 spiro atoms. The van der Waals surface area contributed by atoms with E-state index < -0.39 is 0 Å². The van der Waals surface area contributed by atoms with Crippen molar-refractivity contribution in [1.82, 2.24) is 19.9 Å². The molecule has 1 aromatic carbocycles. The fourth-order valence-corrected chi connectivity index (χ4v) is 2.86. The van der Waals surface area contributed by atoms with Gasteiger partial charge in [0.2, 0.25) is 5.95 Å². The summed E-state index contributed by atoms with van der Waals surface area (Å²) in [5.74, 6) is 1.36. The summed E-state index contributed by atoms with van der Waals surface area (Å²) >= 11 is 0. The summed E-state index contributed by atoms with van der Waals surface area (Å²) in [6.45, 7) is 6.05. The van der Waals surface area contributed by atoms with Crippen LogP contribution in [0.1, 0.15) is 17.5 Å².